The van der Waals surface area contributed by atoms with E-state index >= 15 is 0 Å². The van der Waals surface area contributed by atoms with Crippen LogP contribution in [-0.2, 0) is 4.74 Å². The maximum atomic E-state index is 5.46. The molecule has 2 heterocycles. The Morgan fingerprint density at radius 2 is 1.69 bits per heavy atom. The molecule has 29 heavy (non-hydrogen) atoms. The minimum atomic E-state index is 0.446. The summed E-state index contributed by atoms with van der Waals surface area (Å²) in [5.74, 6) is 2.25. The van der Waals surface area contributed by atoms with E-state index in [2.05, 4.69) is 30.5 Å². The fourth-order valence-corrected chi connectivity index (χ4v) is 3.10. The van der Waals surface area contributed by atoms with Gasteiger partial charge in [0.25, 0.3) is 0 Å². The minimum absolute atomic E-state index is 0.446. The summed E-state index contributed by atoms with van der Waals surface area (Å²) >= 11 is 0. The van der Waals surface area contributed by atoms with E-state index in [0.29, 0.717) is 36.8 Å². The Morgan fingerprint density at radius 1 is 0.931 bits per heavy atom. The number of nitrogens with one attached hydrogen (secondary N) is 2. The van der Waals surface area contributed by atoms with E-state index in [1.54, 1.807) is 7.11 Å². The molecule has 0 spiro atoms. The van der Waals surface area contributed by atoms with E-state index in [9.17, 15) is 0 Å². The van der Waals surface area contributed by atoms with Crippen molar-refractivity contribution in [1.29, 1.82) is 0 Å². The van der Waals surface area contributed by atoms with Crippen LogP contribution in [0.3, 0.4) is 0 Å². The van der Waals surface area contributed by atoms with Gasteiger partial charge in [0.1, 0.15) is 5.75 Å². The molecule has 8 heteroatoms. The number of nitrogens with zero attached hydrogens (tertiary/aromatic N) is 4. The summed E-state index contributed by atoms with van der Waals surface area (Å²) in [5, 5.41) is 6.54. The van der Waals surface area contributed by atoms with Gasteiger partial charge in [-0.15, -0.1) is 0 Å². The number of aromatic nitrogens is 3. The second kappa shape index (κ2) is 8.74. The highest BCUT2D eigenvalue weighted by atomic mass is 16.5. The standard InChI is InChI=1S/C21H24N6O2/c1-15-6-5-7-16(14-15)22-19-24-20(23-17-8-3-4-9-18(17)28-2)26-21(25-19)27-10-12-29-13-11-27/h3-9,14H,10-13H2,1-2H3,(H2,22,23,24,25,26). The Bertz CT molecular complexity index is 975. The summed E-state index contributed by atoms with van der Waals surface area (Å²) in [6.07, 6.45) is 0. The molecule has 0 amide bonds. The first-order valence-electron chi connectivity index (χ1n) is 9.54. The molecular weight excluding hydrogens is 368 g/mol. The third-order valence-electron chi connectivity index (χ3n) is 4.55. The molecule has 1 aliphatic heterocycles. The molecule has 0 atom stereocenters. The number of aryl methyl sites for hydroxylation is 1. The average Bonchev–Trinajstić information content (AvgIpc) is 2.75. The first kappa shape index (κ1) is 18.9. The third kappa shape index (κ3) is 4.72. The van der Waals surface area contributed by atoms with Crippen LogP contribution in [0.1, 0.15) is 5.56 Å². The number of hydrogen-bond donors (Lipinski definition) is 2. The third-order valence-corrected chi connectivity index (χ3v) is 4.55. The van der Waals surface area contributed by atoms with Crippen molar-refractivity contribution in [3.05, 3.63) is 54.1 Å². The molecule has 1 aromatic heterocycles. The molecule has 2 aromatic carbocycles. The summed E-state index contributed by atoms with van der Waals surface area (Å²) in [4.78, 5) is 15.9. The predicted molar refractivity (Wildman–Crippen MR) is 114 cm³/mol. The fourth-order valence-electron chi connectivity index (χ4n) is 3.10. The van der Waals surface area contributed by atoms with Gasteiger partial charge in [0.05, 0.1) is 26.0 Å². The van der Waals surface area contributed by atoms with E-state index in [1.165, 1.54) is 0 Å². The number of rotatable bonds is 6. The molecule has 0 unspecified atom stereocenters. The van der Waals surface area contributed by atoms with Gasteiger partial charge >= 0.3 is 0 Å². The van der Waals surface area contributed by atoms with E-state index in [-0.39, 0.29) is 0 Å². The molecule has 0 bridgehead atoms. The highest BCUT2D eigenvalue weighted by Gasteiger charge is 2.17. The highest BCUT2D eigenvalue weighted by molar-refractivity contribution is 5.64. The topological polar surface area (TPSA) is 84.4 Å². The predicted octanol–water partition coefficient (Wildman–Crippen LogP) is 3.51. The highest BCUT2D eigenvalue weighted by Crippen LogP contribution is 2.27. The number of anilines is 5. The van der Waals surface area contributed by atoms with Gasteiger partial charge in [0.2, 0.25) is 17.8 Å². The van der Waals surface area contributed by atoms with Crippen LogP contribution in [-0.4, -0.2) is 48.4 Å². The van der Waals surface area contributed by atoms with Crippen molar-refractivity contribution in [1.82, 2.24) is 15.0 Å². The largest absolute Gasteiger partial charge is 0.495 e. The van der Waals surface area contributed by atoms with Gasteiger partial charge in [-0.25, -0.2) is 0 Å². The van der Waals surface area contributed by atoms with Crippen LogP contribution in [0.4, 0.5) is 29.2 Å². The van der Waals surface area contributed by atoms with Crippen molar-refractivity contribution in [3.8, 4) is 5.75 Å². The molecule has 2 N–H and O–H groups in total. The Morgan fingerprint density at radius 3 is 2.45 bits per heavy atom. The van der Waals surface area contributed by atoms with Crippen LogP contribution >= 0.6 is 0 Å². The normalized spacial score (nSPS) is 13.8. The zero-order valence-corrected chi connectivity index (χ0v) is 16.6. The van der Waals surface area contributed by atoms with Crippen LogP contribution in [0, 0.1) is 6.92 Å². The van der Waals surface area contributed by atoms with Crippen molar-refractivity contribution < 1.29 is 9.47 Å². The summed E-state index contributed by atoms with van der Waals surface area (Å²) in [6.45, 7) is 4.83. The maximum absolute atomic E-state index is 5.46. The van der Waals surface area contributed by atoms with Crippen molar-refractivity contribution in [2.75, 3.05) is 48.9 Å². The minimum Gasteiger partial charge on any atom is -0.495 e. The quantitative estimate of drug-likeness (QED) is 0.659. The van der Waals surface area contributed by atoms with Crippen LogP contribution in [0.15, 0.2) is 48.5 Å². The van der Waals surface area contributed by atoms with Crippen molar-refractivity contribution in [2.24, 2.45) is 0 Å². The second-order valence-corrected chi connectivity index (χ2v) is 6.70. The van der Waals surface area contributed by atoms with E-state index < -0.39 is 0 Å². The lowest BCUT2D eigenvalue weighted by atomic mass is 10.2. The molecule has 4 rings (SSSR count). The lowest BCUT2D eigenvalue weighted by Gasteiger charge is -2.27. The van der Waals surface area contributed by atoms with Gasteiger partial charge in [-0.1, -0.05) is 24.3 Å². The van der Waals surface area contributed by atoms with Crippen molar-refractivity contribution >= 4 is 29.2 Å². The van der Waals surface area contributed by atoms with Crippen LogP contribution < -0.4 is 20.3 Å². The average molecular weight is 392 g/mol. The zero-order valence-electron chi connectivity index (χ0n) is 16.6. The zero-order chi connectivity index (χ0) is 20.1. The summed E-state index contributed by atoms with van der Waals surface area (Å²) in [5.41, 5.74) is 2.87. The Hall–Kier alpha value is -3.39. The number of para-hydroxylation sites is 2. The smallest absolute Gasteiger partial charge is 0.233 e. The maximum Gasteiger partial charge on any atom is 0.233 e. The van der Waals surface area contributed by atoms with Gasteiger partial charge in [-0.2, -0.15) is 15.0 Å². The Kier molecular flexibility index (Phi) is 5.71. The summed E-state index contributed by atoms with van der Waals surface area (Å²) < 4.78 is 10.9. The number of hydrogen-bond acceptors (Lipinski definition) is 8. The monoisotopic (exact) mass is 392 g/mol. The van der Waals surface area contributed by atoms with Crippen LogP contribution in [0.5, 0.6) is 5.75 Å². The molecule has 150 valence electrons. The fraction of sp³-hybridized carbons (Fsp3) is 0.286. The second-order valence-electron chi connectivity index (χ2n) is 6.70. The summed E-state index contributed by atoms with van der Waals surface area (Å²) in [6, 6.07) is 15.7. The van der Waals surface area contributed by atoms with Gasteiger partial charge < -0.3 is 25.0 Å². The lowest BCUT2D eigenvalue weighted by Crippen LogP contribution is -2.37. The molecular formula is C21H24N6O2. The van der Waals surface area contributed by atoms with Gasteiger partial charge in [-0.05, 0) is 36.8 Å². The molecule has 1 aliphatic rings. The van der Waals surface area contributed by atoms with Crippen LogP contribution in [0.25, 0.3) is 0 Å². The van der Waals surface area contributed by atoms with Crippen molar-refractivity contribution in [2.45, 2.75) is 6.92 Å². The first-order chi connectivity index (χ1) is 14.2. The molecule has 8 nitrogen and oxygen atoms in total. The number of ether oxygens (including phenoxy) is 2. The van der Waals surface area contributed by atoms with Crippen LogP contribution in [0.2, 0.25) is 0 Å². The number of morpholine rings is 1. The lowest BCUT2D eigenvalue weighted by molar-refractivity contribution is 0.122. The molecule has 0 radical (unpaired) electrons. The Labute approximate surface area is 169 Å². The van der Waals surface area contributed by atoms with Gasteiger partial charge in [-0.3, -0.25) is 0 Å². The number of benzene rings is 2. The molecule has 0 aliphatic carbocycles. The molecule has 1 saturated heterocycles. The van der Waals surface area contributed by atoms with Crippen molar-refractivity contribution in [3.63, 3.8) is 0 Å². The Balaban J connectivity index is 1.67. The summed E-state index contributed by atoms with van der Waals surface area (Å²) in [7, 11) is 1.64. The molecule has 3 aromatic rings. The molecule has 0 saturated carbocycles. The van der Waals surface area contributed by atoms with Gasteiger partial charge in [0, 0.05) is 18.8 Å². The van der Waals surface area contributed by atoms with E-state index in [1.807, 2.05) is 55.5 Å². The van der Waals surface area contributed by atoms with Gasteiger partial charge in [0.15, 0.2) is 0 Å². The van der Waals surface area contributed by atoms with E-state index in [0.717, 1.165) is 30.0 Å². The first-order valence-corrected chi connectivity index (χ1v) is 9.54. The van der Waals surface area contributed by atoms with E-state index in [4.69, 9.17) is 9.47 Å². The molecule has 1 fully saturated rings. The number of methoxy groups -OCH3 is 1. The SMILES string of the molecule is COc1ccccc1Nc1nc(Nc2cccc(C)c2)nc(N2CCOCC2)n1.